The summed E-state index contributed by atoms with van der Waals surface area (Å²) >= 11 is 0. The van der Waals surface area contributed by atoms with Crippen LogP contribution in [0, 0.1) is 12.7 Å². The Bertz CT molecular complexity index is 480. The molecule has 0 atom stereocenters. The second-order valence-corrected chi connectivity index (χ2v) is 3.78. The largest absolute Gasteiger partial charge is 0.354 e. The molecule has 3 nitrogen and oxygen atoms in total. The van der Waals surface area contributed by atoms with E-state index < -0.39 is 0 Å². The number of aryl methyl sites for hydroxylation is 1. The molecule has 1 heterocycles. The Labute approximate surface area is 93.4 Å². The van der Waals surface area contributed by atoms with Crippen LogP contribution in [0.1, 0.15) is 11.1 Å². The van der Waals surface area contributed by atoms with Crippen molar-refractivity contribution in [1.29, 1.82) is 0 Å². The van der Waals surface area contributed by atoms with Crippen LogP contribution >= 0.6 is 0 Å². The number of hydrogen-bond donors (Lipinski definition) is 2. The van der Waals surface area contributed by atoms with Gasteiger partial charge in [0.1, 0.15) is 11.5 Å². The smallest absolute Gasteiger partial charge is 0.267 e. The SMILES string of the molecule is CNC(=O)C1=CCc2cc(F)cc(C)c2N1. The second-order valence-electron chi connectivity index (χ2n) is 3.78. The van der Waals surface area contributed by atoms with Gasteiger partial charge < -0.3 is 10.6 Å². The number of anilines is 1. The van der Waals surface area contributed by atoms with Gasteiger partial charge in [-0.2, -0.15) is 0 Å². The Morgan fingerprint density at radius 3 is 2.94 bits per heavy atom. The first-order chi connectivity index (χ1) is 7.61. The van der Waals surface area contributed by atoms with Crippen molar-refractivity contribution in [3.05, 3.63) is 40.8 Å². The number of benzene rings is 1. The fourth-order valence-electron chi connectivity index (χ4n) is 1.83. The van der Waals surface area contributed by atoms with Gasteiger partial charge in [-0.05, 0) is 36.6 Å². The lowest BCUT2D eigenvalue weighted by atomic mass is 10.0. The zero-order valence-electron chi connectivity index (χ0n) is 9.23. The zero-order chi connectivity index (χ0) is 11.7. The predicted octanol–water partition coefficient (Wildman–Crippen LogP) is 1.73. The summed E-state index contributed by atoms with van der Waals surface area (Å²) in [6, 6.07) is 2.95. The van der Waals surface area contributed by atoms with Crippen molar-refractivity contribution >= 4 is 11.6 Å². The third kappa shape index (κ3) is 1.78. The molecular formula is C12H13FN2O. The summed E-state index contributed by atoms with van der Waals surface area (Å²) in [6.07, 6.45) is 2.34. The first-order valence-electron chi connectivity index (χ1n) is 5.10. The lowest BCUT2D eigenvalue weighted by Gasteiger charge is -2.20. The van der Waals surface area contributed by atoms with Crippen molar-refractivity contribution in [1.82, 2.24) is 5.32 Å². The molecule has 0 aliphatic carbocycles. The number of nitrogens with one attached hydrogen (secondary N) is 2. The molecule has 0 radical (unpaired) electrons. The summed E-state index contributed by atoms with van der Waals surface area (Å²) < 4.78 is 13.1. The molecule has 1 aromatic rings. The number of carbonyl (C=O) groups is 1. The topological polar surface area (TPSA) is 41.1 Å². The van der Waals surface area contributed by atoms with E-state index in [1.807, 2.05) is 6.92 Å². The molecule has 0 aromatic heterocycles. The molecule has 0 spiro atoms. The summed E-state index contributed by atoms with van der Waals surface area (Å²) in [5, 5.41) is 5.58. The molecule has 0 saturated carbocycles. The van der Waals surface area contributed by atoms with Crippen molar-refractivity contribution in [2.75, 3.05) is 12.4 Å². The molecule has 0 saturated heterocycles. The maximum absolute atomic E-state index is 13.1. The monoisotopic (exact) mass is 220 g/mol. The molecule has 1 aliphatic heterocycles. The molecule has 1 aromatic carbocycles. The molecule has 84 valence electrons. The minimum atomic E-state index is -0.241. The molecule has 1 amide bonds. The summed E-state index contributed by atoms with van der Waals surface area (Å²) in [5.74, 6) is -0.399. The van der Waals surface area contributed by atoms with Crippen LogP contribution in [0.3, 0.4) is 0 Å². The highest BCUT2D eigenvalue weighted by atomic mass is 19.1. The van der Waals surface area contributed by atoms with Gasteiger partial charge in [0.2, 0.25) is 0 Å². The van der Waals surface area contributed by atoms with Crippen LogP contribution < -0.4 is 10.6 Å². The molecule has 16 heavy (non-hydrogen) atoms. The van der Waals surface area contributed by atoms with Gasteiger partial charge in [0.25, 0.3) is 5.91 Å². The Morgan fingerprint density at radius 2 is 2.25 bits per heavy atom. The van der Waals surface area contributed by atoms with E-state index in [4.69, 9.17) is 0 Å². The van der Waals surface area contributed by atoms with E-state index in [9.17, 15) is 9.18 Å². The summed E-state index contributed by atoms with van der Waals surface area (Å²) in [7, 11) is 1.58. The van der Waals surface area contributed by atoms with Gasteiger partial charge in [0.05, 0.1) is 0 Å². The average molecular weight is 220 g/mol. The maximum Gasteiger partial charge on any atom is 0.267 e. The average Bonchev–Trinajstić information content (AvgIpc) is 2.27. The third-order valence-corrected chi connectivity index (χ3v) is 2.64. The maximum atomic E-state index is 13.1. The third-order valence-electron chi connectivity index (χ3n) is 2.64. The van der Waals surface area contributed by atoms with Gasteiger partial charge in [-0.25, -0.2) is 4.39 Å². The molecule has 0 fully saturated rings. The highest BCUT2D eigenvalue weighted by molar-refractivity contribution is 5.97. The van der Waals surface area contributed by atoms with E-state index in [0.29, 0.717) is 12.1 Å². The number of halogens is 1. The number of allylic oxidation sites excluding steroid dienone is 1. The van der Waals surface area contributed by atoms with Gasteiger partial charge in [-0.3, -0.25) is 4.79 Å². The van der Waals surface area contributed by atoms with Crippen LogP contribution in [0.4, 0.5) is 10.1 Å². The van der Waals surface area contributed by atoms with E-state index in [2.05, 4.69) is 10.6 Å². The molecule has 2 N–H and O–H groups in total. The number of fused-ring (bicyclic) bond motifs is 1. The zero-order valence-corrected chi connectivity index (χ0v) is 9.23. The Balaban J connectivity index is 2.36. The highest BCUT2D eigenvalue weighted by Gasteiger charge is 2.17. The van der Waals surface area contributed by atoms with Crippen molar-refractivity contribution in [3.8, 4) is 0 Å². The number of hydrogen-bond acceptors (Lipinski definition) is 2. The van der Waals surface area contributed by atoms with Gasteiger partial charge >= 0.3 is 0 Å². The van der Waals surface area contributed by atoms with Crippen molar-refractivity contribution in [2.45, 2.75) is 13.3 Å². The van der Waals surface area contributed by atoms with Crippen LogP contribution in [-0.4, -0.2) is 13.0 Å². The number of rotatable bonds is 1. The summed E-state index contributed by atoms with van der Waals surface area (Å²) in [5.41, 5.74) is 3.04. The van der Waals surface area contributed by atoms with Gasteiger partial charge in [-0.1, -0.05) is 6.08 Å². The first-order valence-corrected chi connectivity index (χ1v) is 5.10. The Kier molecular flexibility index (Phi) is 2.64. The minimum Gasteiger partial charge on any atom is -0.354 e. The number of amides is 1. The first kappa shape index (κ1) is 10.7. The highest BCUT2D eigenvalue weighted by Crippen LogP contribution is 2.28. The molecule has 4 heteroatoms. The summed E-state index contributed by atoms with van der Waals surface area (Å²) in [4.78, 5) is 11.4. The molecular weight excluding hydrogens is 207 g/mol. The molecule has 2 rings (SSSR count). The van der Waals surface area contributed by atoms with E-state index in [1.165, 1.54) is 12.1 Å². The van der Waals surface area contributed by atoms with E-state index in [-0.39, 0.29) is 11.7 Å². The quantitative estimate of drug-likeness (QED) is 0.756. The van der Waals surface area contributed by atoms with E-state index in [1.54, 1.807) is 13.1 Å². The Hall–Kier alpha value is -1.84. The van der Waals surface area contributed by atoms with Crippen molar-refractivity contribution in [2.24, 2.45) is 0 Å². The second kappa shape index (κ2) is 3.96. The molecule has 1 aliphatic rings. The van der Waals surface area contributed by atoms with Crippen LogP contribution in [0.25, 0.3) is 0 Å². The fourth-order valence-corrected chi connectivity index (χ4v) is 1.83. The lowest BCUT2D eigenvalue weighted by molar-refractivity contribution is -0.116. The molecule has 0 bridgehead atoms. The van der Waals surface area contributed by atoms with E-state index >= 15 is 0 Å². The lowest BCUT2D eigenvalue weighted by Crippen LogP contribution is -2.26. The van der Waals surface area contributed by atoms with Crippen molar-refractivity contribution < 1.29 is 9.18 Å². The predicted molar refractivity (Wildman–Crippen MR) is 60.6 cm³/mol. The van der Waals surface area contributed by atoms with Crippen LogP contribution in [0.15, 0.2) is 23.9 Å². The molecule has 0 unspecified atom stereocenters. The summed E-state index contributed by atoms with van der Waals surface area (Å²) in [6.45, 7) is 1.82. The standard InChI is InChI=1S/C12H13FN2O/c1-7-5-9(13)6-8-3-4-10(12(16)14-2)15-11(7)8/h4-6,15H,3H2,1-2H3,(H,14,16). The van der Waals surface area contributed by atoms with Crippen molar-refractivity contribution in [3.63, 3.8) is 0 Å². The number of likely N-dealkylation sites (N-methyl/N-ethyl adjacent to an activating group) is 1. The fraction of sp³-hybridized carbons (Fsp3) is 0.250. The minimum absolute atomic E-state index is 0.158. The van der Waals surface area contributed by atoms with E-state index in [0.717, 1.165) is 16.8 Å². The van der Waals surface area contributed by atoms with Crippen LogP contribution in [-0.2, 0) is 11.2 Å². The number of carbonyl (C=O) groups excluding carboxylic acids is 1. The van der Waals surface area contributed by atoms with Crippen LogP contribution in [0.5, 0.6) is 0 Å². The van der Waals surface area contributed by atoms with Gasteiger partial charge in [-0.15, -0.1) is 0 Å². The van der Waals surface area contributed by atoms with Gasteiger partial charge in [0, 0.05) is 12.7 Å². The Morgan fingerprint density at radius 1 is 1.50 bits per heavy atom. The van der Waals surface area contributed by atoms with Crippen LogP contribution in [0.2, 0.25) is 0 Å². The van der Waals surface area contributed by atoms with Gasteiger partial charge in [0.15, 0.2) is 0 Å². The normalized spacial score (nSPS) is 13.6.